The van der Waals surface area contributed by atoms with Gasteiger partial charge in [-0.2, -0.15) is 8.42 Å². The maximum Gasteiger partial charge on any atom is 0.294 e. The zero-order chi connectivity index (χ0) is 20.8. The van der Waals surface area contributed by atoms with Crippen molar-refractivity contribution in [1.29, 1.82) is 0 Å². The number of hydrogen-bond donors (Lipinski definition) is 1. The highest BCUT2D eigenvalue weighted by Crippen LogP contribution is 2.45. The first-order valence-electron chi connectivity index (χ1n) is 9.51. The third-order valence-electron chi connectivity index (χ3n) is 5.44. The van der Waals surface area contributed by atoms with Crippen LogP contribution in [0.25, 0.3) is 16.8 Å². The summed E-state index contributed by atoms with van der Waals surface area (Å²) in [6, 6.07) is 28.2. The van der Waals surface area contributed by atoms with E-state index in [0.29, 0.717) is 11.1 Å². The van der Waals surface area contributed by atoms with Crippen molar-refractivity contribution in [2.45, 2.75) is 10.5 Å². The molecule has 148 valence electrons. The van der Waals surface area contributed by atoms with Crippen LogP contribution in [0, 0.1) is 0 Å². The largest absolute Gasteiger partial charge is 0.472 e. The summed E-state index contributed by atoms with van der Waals surface area (Å²) in [5.41, 5.74) is 2.07. The van der Waals surface area contributed by atoms with Gasteiger partial charge in [0, 0.05) is 22.1 Å². The van der Waals surface area contributed by atoms with Gasteiger partial charge in [0.25, 0.3) is 10.1 Å². The van der Waals surface area contributed by atoms with Gasteiger partial charge in [0.1, 0.15) is 5.75 Å². The lowest BCUT2D eigenvalue weighted by Gasteiger charge is -2.36. The predicted molar refractivity (Wildman–Crippen MR) is 117 cm³/mol. The first-order valence-corrected chi connectivity index (χ1v) is 10.9. The van der Waals surface area contributed by atoms with Gasteiger partial charge >= 0.3 is 0 Å². The third-order valence-corrected chi connectivity index (χ3v) is 6.29. The first kappa shape index (κ1) is 18.6. The van der Waals surface area contributed by atoms with Gasteiger partial charge < -0.3 is 4.74 Å². The molecule has 4 aromatic carbocycles. The third kappa shape index (κ3) is 3.00. The fraction of sp³-hybridized carbons (Fsp3) is 0.0400. The Morgan fingerprint density at radius 2 is 1.40 bits per heavy atom. The smallest absolute Gasteiger partial charge is 0.294 e. The van der Waals surface area contributed by atoms with Crippen molar-refractivity contribution in [3.8, 4) is 5.75 Å². The Hall–Kier alpha value is -3.41. The molecule has 1 heterocycles. The van der Waals surface area contributed by atoms with Crippen LogP contribution in [0.1, 0.15) is 16.7 Å². The second kappa shape index (κ2) is 6.83. The molecule has 1 aliphatic rings. The topological polar surface area (TPSA) is 63.6 Å². The zero-order valence-corrected chi connectivity index (χ0v) is 16.7. The molecule has 0 aliphatic carbocycles. The Kier molecular flexibility index (Phi) is 4.24. The Bertz CT molecular complexity index is 1340. The van der Waals surface area contributed by atoms with Crippen molar-refractivity contribution in [1.82, 2.24) is 0 Å². The Morgan fingerprint density at radius 3 is 2.00 bits per heavy atom. The van der Waals surface area contributed by atoms with Gasteiger partial charge in [-0.3, -0.25) is 4.55 Å². The average Bonchev–Trinajstić information content (AvgIpc) is 2.79. The van der Waals surface area contributed by atoms with Gasteiger partial charge in [-0.15, -0.1) is 0 Å². The molecule has 4 nitrogen and oxygen atoms in total. The van der Waals surface area contributed by atoms with Crippen LogP contribution < -0.4 is 4.74 Å². The highest BCUT2D eigenvalue weighted by atomic mass is 32.2. The van der Waals surface area contributed by atoms with Crippen molar-refractivity contribution >= 4 is 27.0 Å². The molecule has 5 rings (SSSR count). The van der Waals surface area contributed by atoms with Crippen LogP contribution >= 0.6 is 0 Å². The number of fused-ring (bicyclic) bond motifs is 3. The molecule has 0 amide bonds. The lowest BCUT2D eigenvalue weighted by molar-refractivity contribution is 0.163. The molecular weight excluding hydrogens is 396 g/mol. The zero-order valence-electron chi connectivity index (χ0n) is 15.9. The molecule has 0 fully saturated rings. The van der Waals surface area contributed by atoms with E-state index in [1.54, 1.807) is 6.07 Å². The Balaban J connectivity index is 1.74. The molecule has 4 aromatic rings. The van der Waals surface area contributed by atoms with Crippen LogP contribution in [-0.4, -0.2) is 13.0 Å². The van der Waals surface area contributed by atoms with E-state index in [1.807, 2.05) is 78.9 Å². The normalized spacial score (nSPS) is 14.8. The molecule has 0 spiro atoms. The second-order valence-corrected chi connectivity index (χ2v) is 8.67. The summed E-state index contributed by atoms with van der Waals surface area (Å²) in [6.07, 6.45) is 4.09. The molecular formula is C25H18O4S. The van der Waals surface area contributed by atoms with Crippen molar-refractivity contribution in [3.63, 3.8) is 0 Å². The molecule has 1 N–H and O–H groups in total. The van der Waals surface area contributed by atoms with E-state index in [4.69, 9.17) is 4.74 Å². The summed E-state index contributed by atoms with van der Waals surface area (Å²) in [6.45, 7) is 0. The van der Waals surface area contributed by atoms with Crippen molar-refractivity contribution in [2.75, 3.05) is 0 Å². The standard InChI is InChI=1S/C25H18O4S/c26-30(27,28)22-13-14-23-19(17-22)12-11-18-15-16-25(29-24(18)23,20-7-3-1-4-8-20)21-9-5-2-6-10-21/h1-17H,(H,26,27,28). The van der Waals surface area contributed by atoms with E-state index < -0.39 is 15.7 Å². The molecule has 0 radical (unpaired) electrons. The summed E-state index contributed by atoms with van der Waals surface area (Å²) in [5, 5.41) is 1.45. The number of rotatable bonds is 3. The number of hydrogen-bond acceptors (Lipinski definition) is 3. The van der Waals surface area contributed by atoms with Crippen molar-refractivity contribution in [3.05, 3.63) is 114 Å². The maximum atomic E-state index is 11.6. The van der Waals surface area contributed by atoms with Gasteiger partial charge in [-0.25, -0.2) is 0 Å². The van der Waals surface area contributed by atoms with Gasteiger partial charge in [0.15, 0.2) is 5.60 Å². The fourth-order valence-corrected chi connectivity index (χ4v) is 4.47. The Labute approximate surface area is 174 Å². The van der Waals surface area contributed by atoms with Crippen LogP contribution in [0.15, 0.2) is 102 Å². The van der Waals surface area contributed by atoms with Crippen LogP contribution in [-0.2, 0) is 15.7 Å². The molecule has 0 aromatic heterocycles. The van der Waals surface area contributed by atoms with E-state index >= 15 is 0 Å². The number of benzene rings is 4. The van der Waals surface area contributed by atoms with E-state index in [-0.39, 0.29) is 4.90 Å². The minimum atomic E-state index is -4.28. The van der Waals surface area contributed by atoms with Gasteiger partial charge in [-0.05, 0) is 29.7 Å². The molecule has 0 unspecified atom stereocenters. The second-order valence-electron chi connectivity index (χ2n) is 7.25. The van der Waals surface area contributed by atoms with Gasteiger partial charge in [0.2, 0.25) is 0 Å². The quantitative estimate of drug-likeness (QED) is 0.454. The molecule has 30 heavy (non-hydrogen) atoms. The summed E-state index contributed by atoms with van der Waals surface area (Å²) in [7, 11) is -4.28. The molecule has 1 aliphatic heterocycles. The summed E-state index contributed by atoms with van der Waals surface area (Å²) in [5.74, 6) is 0.671. The molecule has 0 saturated carbocycles. The van der Waals surface area contributed by atoms with E-state index in [9.17, 15) is 13.0 Å². The van der Waals surface area contributed by atoms with Crippen LogP contribution in [0.2, 0.25) is 0 Å². The molecule has 0 saturated heterocycles. The van der Waals surface area contributed by atoms with E-state index in [0.717, 1.165) is 22.1 Å². The lowest BCUT2D eigenvalue weighted by atomic mass is 9.83. The Morgan fingerprint density at radius 1 is 0.767 bits per heavy atom. The van der Waals surface area contributed by atoms with Crippen molar-refractivity contribution < 1.29 is 17.7 Å². The monoisotopic (exact) mass is 414 g/mol. The SMILES string of the molecule is O=S(=O)(O)c1ccc2c3c(ccc2c1)C=CC(c1ccccc1)(c1ccccc1)O3. The van der Waals surface area contributed by atoms with Crippen LogP contribution in [0.4, 0.5) is 0 Å². The number of ether oxygens (including phenoxy) is 1. The molecule has 0 bridgehead atoms. The fourth-order valence-electron chi connectivity index (χ4n) is 3.95. The lowest BCUT2D eigenvalue weighted by Crippen LogP contribution is -2.34. The van der Waals surface area contributed by atoms with Crippen molar-refractivity contribution in [2.24, 2.45) is 0 Å². The van der Waals surface area contributed by atoms with E-state index in [2.05, 4.69) is 6.08 Å². The molecule has 5 heteroatoms. The van der Waals surface area contributed by atoms with Gasteiger partial charge in [0.05, 0.1) is 4.90 Å². The summed E-state index contributed by atoms with van der Waals surface area (Å²) >= 11 is 0. The summed E-state index contributed by atoms with van der Waals surface area (Å²) in [4.78, 5) is -0.140. The molecule has 0 atom stereocenters. The van der Waals surface area contributed by atoms with E-state index in [1.165, 1.54) is 12.1 Å². The highest BCUT2D eigenvalue weighted by molar-refractivity contribution is 7.85. The minimum absolute atomic E-state index is 0.140. The van der Waals surface area contributed by atoms with Crippen LogP contribution in [0.3, 0.4) is 0 Å². The first-order chi connectivity index (χ1) is 14.5. The van der Waals surface area contributed by atoms with Crippen LogP contribution in [0.5, 0.6) is 5.75 Å². The van der Waals surface area contributed by atoms with Gasteiger partial charge in [-0.1, -0.05) is 78.9 Å². The average molecular weight is 414 g/mol. The predicted octanol–water partition coefficient (Wildman–Crippen LogP) is 5.44. The highest BCUT2D eigenvalue weighted by Gasteiger charge is 2.37. The minimum Gasteiger partial charge on any atom is -0.472 e. The maximum absolute atomic E-state index is 11.6. The summed E-state index contributed by atoms with van der Waals surface area (Å²) < 4.78 is 39.2.